The Kier molecular flexibility index (Phi) is 5.94. The fourth-order valence-electron chi connectivity index (χ4n) is 1.77. The molecule has 0 radical (unpaired) electrons. The second kappa shape index (κ2) is 7.48. The third kappa shape index (κ3) is 4.51. The van der Waals surface area contributed by atoms with Crippen molar-refractivity contribution < 1.29 is 17.9 Å². The van der Waals surface area contributed by atoms with E-state index in [-0.39, 0.29) is 12.6 Å². The molecule has 1 fully saturated rings. The van der Waals surface area contributed by atoms with Crippen molar-refractivity contribution in [1.29, 1.82) is 0 Å². The highest BCUT2D eigenvalue weighted by Gasteiger charge is 2.21. The van der Waals surface area contributed by atoms with Gasteiger partial charge >= 0.3 is 0 Å². The van der Waals surface area contributed by atoms with E-state index >= 15 is 0 Å². The van der Waals surface area contributed by atoms with Crippen molar-refractivity contribution in [3.63, 3.8) is 0 Å². The molecular weight excluding hydrogens is 300 g/mol. The van der Waals surface area contributed by atoms with E-state index < -0.39 is 10.0 Å². The maximum atomic E-state index is 12.1. The third-order valence-corrected chi connectivity index (χ3v) is 5.84. The standard InChI is InChI=1S/C12H20N2O4S2/c1-2-13-8-11-3-4-12(19-11)20(15,16)14-7-10-9-17-5-6-18-10/h3-4,10,13-14H,2,5-9H2,1H3. The van der Waals surface area contributed by atoms with E-state index in [2.05, 4.69) is 10.0 Å². The van der Waals surface area contributed by atoms with E-state index in [1.165, 1.54) is 11.3 Å². The van der Waals surface area contributed by atoms with E-state index in [0.29, 0.717) is 30.6 Å². The smallest absolute Gasteiger partial charge is 0.250 e. The molecule has 8 heteroatoms. The highest BCUT2D eigenvalue weighted by molar-refractivity contribution is 7.91. The lowest BCUT2D eigenvalue weighted by molar-refractivity contribution is -0.0846. The largest absolute Gasteiger partial charge is 0.376 e. The van der Waals surface area contributed by atoms with Gasteiger partial charge in [-0.2, -0.15) is 0 Å². The first-order valence-corrected chi connectivity index (χ1v) is 8.90. The molecule has 1 atom stereocenters. The van der Waals surface area contributed by atoms with E-state index in [9.17, 15) is 8.42 Å². The second-order valence-electron chi connectivity index (χ2n) is 4.42. The molecule has 2 heterocycles. The first-order chi connectivity index (χ1) is 9.62. The molecule has 114 valence electrons. The highest BCUT2D eigenvalue weighted by atomic mass is 32.2. The molecule has 0 aliphatic carbocycles. The molecule has 1 aromatic heterocycles. The Hall–Kier alpha value is -0.510. The van der Waals surface area contributed by atoms with Gasteiger partial charge in [-0.15, -0.1) is 11.3 Å². The molecule has 0 amide bonds. The average molecular weight is 320 g/mol. The van der Waals surface area contributed by atoms with Crippen LogP contribution in [-0.2, 0) is 26.0 Å². The van der Waals surface area contributed by atoms with Gasteiger partial charge in [-0.25, -0.2) is 13.1 Å². The van der Waals surface area contributed by atoms with Gasteiger partial charge in [0, 0.05) is 18.0 Å². The van der Waals surface area contributed by atoms with E-state index in [4.69, 9.17) is 9.47 Å². The fraction of sp³-hybridized carbons (Fsp3) is 0.667. The number of ether oxygens (including phenoxy) is 2. The lowest BCUT2D eigenvalue weighted by atomic mass is 10.3. The monoisotopic (exact) mass is 320 g/mol. The third-order valence-electron chi connectivity index (χ3n) is 2.84. The summed E-state index contributed by atoms with van der Waals surface area (Å²) < 4.78 is 37.8. The Labute approximate surface area is 123 Å². The molecule has 2 N–H and O–H groups in total. The molecule has 1 aliphatic rings. The molecule has 0 spiro atoms. The minimum absolute atomic E-state index is 0.209. The van der Waals surface area contributed by atoms with Crippen LogP contribution in [0.3, 0.4) is 0 Å². The van der Waals surface area contributed by atoms with Crippen molar-refractivity contribution in [2.45, 2.75) is 23.8 Å². The fourth-order valence-corrected chi connectivity index (χ4v) is 4.21. The predicted octanol–water partition coefficient (Wildman–Crippen LogP) is 0.551. The maximum absolute atomic E-state index is 12.1. The Morgan fingerprint density at radius 3 is 2.95 bits per heavy atom. The number of nitrogens with one attached hydrogen (secondary N) is 2. The molecule has 2 rings (SSSR count). The Bertz CT molecular complexity index is 509. The number of thiophene rings is 1. The predicted molar refractivity (Wildman–Crippen MR) is 77.4 cm³/mol. The Morgan fingerprint density at radius 2 is 2.25 bits per heavy atom. The van der Waals surface area contributed by atoms with Crippen LogP contribution in [-0.4, -0.2) is 47.4 Å². The topological polar surface area (TPSA) is 76.7 Å². The zero-order valence-electron chi connectivity index (χ0n) is 11.4. The molecule has 1 unspecified atom stereocenters. The molecule has 20 heavy (non-hydrogen) atoms. The van der Waals surface area contributed by atoms with E-state index in [1.54, 1.807) is 6.07 Å². The Morgan fingerprint density at radius 1 is 1.40 bits per heavy atom. The summed E-state index contributed by atoms with van der Waals surface area (Å²) >= 11 is 1.28. The minimum Gasteiger partial charge on any atom is -0.376 e. The number of rotatable bonds is 7. The van der Waals surface area contributed by atoms with Crippen molar-refractivity contribution >= 4 is 21.4 Å². The zero-order valence-corrected chi connectivity index (χ0v) is 13.1. The van der Waals surface area contributed by atoms with Crippen LogP contribution in [0.5, 0.6) is 0 Å². The van der Waals surface area contributed by atoms with Crippen molar-refractivity contribution in [3.05, 3.63) is 17.0 Å². The number of hydrogen-bond acceptors (Lipinski definition) is 6. The quantitative estimate of drug-likeness (QED) is 0.767. The van der Waals surface area contributed by atoms with Gasteiger partial charge in [0.05, 0.1) is 25.9 Å². The number of hydrogen-bond donors (Lipinski definition) is 2. The highest BCUT2D eigenvalue weighted by Crippen LogP contribution is 2.21. The molecule has 1 aliphatic heterocycles. The van der Waals surface area contributed by atoms with Crippen LogP contribution in [0.4, 0.5) is 0 Å². The molecule has 0 aromatic carbocycles. The van der Waals surface area contributed by atoms with Crippen LogP contribution >= 0.6 is 11.3 Å². The van der Waals surface area contributed by atoms with Crippen molar-refractivity contribution in [2.24, 2.45) is 0 Å². The molecule has 1 saturated heterocycles. The van der Waals surface area contributed by atoms with Gasteiger partial charge in [-0.3, -0.25) is 0 Å². The Balaban J connectivity index is 1.90. The van der Waals surface area contributed by atoms with Crippen molar-refractivity contribution in [2.75, 3.05) is 32.9 Å². The summed E-state index contributed by atoms with van der Waals surface area (Å²) in [6.45, 7) is 5.31. The first kappa shape index (κ1) is 15.9. The summed E-state index contributed by atoms with van der Waals surface area (Å²) in [7, 11) is -3.46. The van der Waals surface area contributed by atoms with Gasteiger partial charge in [-0.1, -0.05) is 6.92 Å². The van der Waals surface area contributed by atoms with Gasteiger partial charge in [0.2, 0.25) is 10.0 Å². The van der Waals surface area contributed by atoms with Gasteiger partial charge < -0.3 is 14.8 Å². The van der Waals surface area contributed by atoms with Crippen LogP contribution in [0.25, 0.3) is 0 Å². The molecule has 0 saturated carbocycles. The molecule has 1 aromatic rings. The summed E-state index contributed by atoms with van der Waals surface area (Å²) in [5.74, 6) is 0. The zero-order chi connectivity index (χ0) is 14.4. The first-order valence-electron chi connectivity index (χ1n) is 6.60. The second-order valence-corrected chi connectivity index (χ2v) is 7.58. The number of sulfonamides is 1. The van der Waals surface area contributed by atoms with Crippen LogP contribution in [0.2, 0.25) is 0 Å². The van der Waals surface area contributed by atoms with Crippen LogP contribution in [0.1, 0.15) is 11.8 Å². The lowest BCUT2D eigenvalue weighted by Crippen LogP contribution is -2.39. The van der Waals surface area contributed by atoms with Gasteiger partial charge in [0.25, 0.3) is 0 Å². The molecule has 6 nitrogen and oxygen atoms in total. The van der Waals surface area contributed by atoms with Crippen molar-refractivity contribution in [3.8, 4) is 0 Å². The van der Waals surface area contributed by atoms with Gasteiger partial charge in [0.15, 0.2) is 0 Å². The summed E-state index contributed by atoms with van der Waals surface area (Å²) in [6, 6.07) is 3.47. The maximum Gasteiger partial charge on any atom is 0.250 e. The SMILES string of the molecule is CCNCc1ccc(S(=O)(=O)NCC2COCCO2)s1. The van der Waals surface area contributed by atoms with Crippen LogP contribution < -0.4 is 10.0 Å². The summed E-state index contributed by atoms with van der Waals surface area (Å²) in [4.78, 5) is 1.00. The van der Waals surface area contributed by atoms with E-state index in [0.717, 1.165) is 11.4 Å². The minimum atomic E-state index is -3.46. The molecule has 0 bridgehead atoms. The van der Waals surface area contributed by atoms with Gasteiger partial charge in [0.1, 0.15) is 4.21 Å². The van der Waals surface area contributed by atoms with Gasteiger partial charge in [-0.05, 0) is 18.7 Å². The summed E-state index contributed by atoms with van der Waals surface area (Å²) in [6.07, 6.45) is -0.209. The summed E-state index contributed by atoms with van der Waals surface area (Å²) in [5, 5.41) is 3.17. The summed E-state index contributed by atoms with van der Waals surface area (Å²) in [5.41, 5.74) is 0. The van der Waals surface area contributed by atoms with Crippen molar-refractivity contribution in [1.82, 2.24) is 10.0 Å². The van der Waals surface area contributed by atoms with Crippen LogP contribution in [0.15, 0.2) is 16.3 Å². The van der Waals surface area contributed by atoms with E-state index in [1.807, 2.05) is 13.0 Å². The average Bonchev–Trinajstić information content (AvgIpc) is 2.94. The lowest BCUT2D eigenvalue weighted by Gasteiger charge is -2.22. The van der Waals surface area contributed by atoms with Crippen LogP contribution in [0, 0.1) is 0 Å². The molecular formula is C12H20N2O4S2. The normalized spacial score (nSPS) is 20.1.